The number of benzene rings is 1. The molecule has 0 heterocycles. The van der Waals surface area contributed by atoms with E-state index in [1.54, 1.807) is 12.1 Å². The summed E-state index contributed by atoms with van der Waals surface area (Å²) >= 11 is 0. The van der Waals surface area contributed by atoms with E-state index in [-0.39, 0.29) is 11.9 Å². The number of hydrogen-bond acceptors (Lipinski definition) is 2. The van der Waals surface area contributed by atoms with Gasteiger partial charge in [0.05, 0.1) is 7.11 Å². The number of ether oxygens (including phenoxy) is 1. The highest BCUT2D eigenvalue weighted by molar-refractivity contribution is 5.31. The molecule has 0 amide bonds. The molecule has 1 aromatic carbocycles. The fourth-order valence-electron chi connectivity index (χ4n) is 2.68. The minimum atomic E-state index is -0.272. The summed E-state index contributed by atoms with van der Waals surface area (Å²) in [5.74, 6) is 1.39. The molecule has 1 aromatic rings. The number of halogens is 1. The average molecular weight is 265 g/mol. The second-order valence-corrected chi connectivity index (χ2v) is 5.52. The van der Waals surface area contributed by atoms with Crippen LogP contribution in [0.25, 0.3) is 0 Å². The Labute approximate surface area is 115 Å². The minimum Gasteiger partial charge on any atom is -0.494 e. The summed E-state index contributed by atoms with van der Waals surface area (Å²) in [6, 6.07) is 5.57. The van der Waals surface area contributed by atoms with Crippen LogP contribution < -0.4 is 10.1 Å². The van der Waals surface area contributed by atoms with E-state index in [1.807, 2.05) is 6.07 Å². The zero-order valence-electron chi connectivity index (χ0n) is 12.1. The molecule has 0 aliphatic heterocycles. The zero-order valence-corrected chi connectivity index (χ0v) is 12.1. The molecule has 19 heavy (non-hydrogen) atoms. The Morgan fingerprint density at radius 2 is 2.16 bits per heavy atom. The van der Waals surface area contributed by atoms with Gasteiger partial charge in [0.1, 0.15) is 0 Å². The van der Waals surface area contributed by atoms with E-state index >= 15 is 0 Å². The lowest BCUT2D eigenvalue weighted by Gasteiger charge is -2.26. The highest BCUT2D eigenvalue weighted by Gasteiger charge is 2.33. The van der Waals surface area contributed by atoms with Crippen molar-refractivity contribution in [3.05, 3.63) is 29.6 Å². The van der Waals surface area contributed by atoms with Gasteiger partial charge in [-0.1, -0.05) is 19.9 Å². The summed E-state index contributed by atoms with van der Waals surface area (Å²) in [5.41, 5.74) is 1.03. The summed E-state index contributed by atoms with van der Waals surface area (Å²) in [6.45, 7) is 5.39. The maximum Gasteiger partial charge on any atom is 0.165 e. The number of nitrogens with one attached hydrogen (secondary N) is 1. The van der Waals surface area contributed by atoms with E-state index in [0.29, 0.717) is 11.7 Å². The molecular formula is C16H24FNO. The fraction of sp³-hybridized carbons (Fsp3) is 0.625. The first-order chi connectivity index (χ1) is 9.17. The highest BCUT2D eigenvalue weighted by Crippen LogP contribution is 2.43. The van der Waals surface area contributed by atoms with Crippen LogP contribution in [0.1, 0.15) is 44.7 Å². The van der Waals surface area contributed by atoms with Crippen LogP contribution in [0.4, 0.5) is 4.39 Å². The van der Waals surface area contributed by atoms with Crippen molar-refractivity contribution in [3.8, 4) is 5.75 Å². The smallest absolute Gasteiger partial charge is 0.165 e. The van der Waals surface area contributed by atoms with Crippen LogP contribution >= 0.6 is 0 Å². The number of methoxy groups -OCH3 is 1. The van der Waals surface area contributed by atoms with Gasteiger partial charge in [-0.05, 0) is 55.3 Å². The summed E-state index contributed by atoms with van der Waals surface area (Å²) in [7, 11) is 1.50. The first-order valence-electron chi connectivity index (χ1n) is 7.24. The van der Waals surface area contributed by atoms with E-state index in [9.17, 15) is 4.39 Å². The van der Waals surface area contributed by atoms with E-state index in [4.69, 9.17) is 4.74 Å². The molecule has 0 radical (unpaired) electrons. The standard InChI is InChI=1S/C16H24FNO/c1-4-9-18-16(11(2)12-5-6-12)13-7-8-15(19-3)14(17)10-13/h7-8,10-12,16,18H,4-6,9H2,1-3H3. The van der Waals surface area contributed by atoms with Crippen molar-refractivity contribution < 1.29 is 9.13 Å². The molecule has 0 spiro atoms. The lowest BCUT2D eigenvalue weighted by molar-refractivity contribution is 0.346. The van der Waals surface area contributed by atoms with Gasteiger partial charge >= 0.3 is 0 Å². The first kappa shape index (κ1) is 14.3. The average Bonchev–Trinajstić information content (AvgIpc) is 3.23. The van der Waals surface area contributed by atoms with E-state index in [1.165, 1.54) is 20.0 Å². The molecule has 3 heteroatoms. The van der Waals surface area contributed by atoms with Crippen LogP contribution in [0.15, 0.2) is 18.2 Å². The lowest BCUT2D eigenvalue weighted by Crippen LogP contribution is -2.28. The van der Waals surface area contributed by atoms with Crippen LogP contribution in [0, 0.1) is 17.7 Å². The van der Waals surface area contributed by atoms with Gasteiger partial charge in [0, 0.05) is 6.04 Å². The molecular weight excluding hydrogens is 241 g/mol. The van der Waals surface area contributed by atoms with Crippen molar-refractivity contribution in [3.63, 3.8) is 0 Å². The Bertz CT molecular complexity index is 417. The molecule has 1 saturated carbocycles. The quantitative estimate of drug-likeness (QED) is 0.806. The van der Waals surface area contributed by atoms with Crippen LogP contribution in [0.3, 0.4) is 0 Å². The molecule has 0 bridgehead atoms. The van der Waals surface area contributed by atoms with Crippen molar-refractivity contribution in [2.24, 2.45) is 11.8 Å². The monoisotopic (exact) mass is 265 g/mol. The van der Waals surface area contributed by atoms with Crippen molar-refractivity contribution in [2.45, 2.75) is 39.2 Å². The molecule has 1 aliphatic carbocycles. The molecule has 1 fully saturated rings. The zero-order chi connectivity index (χ0) is 13.8. The first-order valence-corrected chi connectivity index (χ1v) is 7.24. The molecule has 2 atom stereocenters. The van der Waals surface area contributed by atoms with Crippen molar-refractivity contribution >= 4 is 0 Å². The van der Waals surface area contributed by atoms with Gasteiger partial charge in [0.25, 0.3) is 0 Å². The van der Waals surface area contributed by atoms with E-state index in [2.05, 4.69) is 19.2 Å². The molecule has 2 rings (SSSR count). The van der Waals surface area contributed by atoms with Gasteiger partial charge in [-0.2, -0.15) is 0 Å². The Hall–Kier alpha value is -1.09. The van der Waals surface area contributed by atoms with Crippen LogP contribution in [0.2, 0.25) is 0 Å². The van der Waals surface area contributed by atoms with Gasteiger partial charge < -0.3 is 10.1 Å². The maximum atomic E-state index is 13.9. The summed E-state index contributed by atoms with van der Waals surface area (Å²) in [6.07, 6.45) is 3.71. The van der Waals surface area contributed by atoms with Crippen molar-refractivity contribution in [1.29, 1.82) is 0 Å². The molecule has 0 saturated heterocycles. The maximum absolute atomic E-state index is 13.9. The van der Waals surface area contributed by atoms with E-state index < -0.39 is 0 Å². The van der Waals surface area contributed by atoms with Gasteiger partial charge in [-0.15, -0.1) is 0 Å². The summed E-state index contributed by atoms with van der Waals surface area (Å²) in [4.78, 5) is 0. The second-order valence-electron chi connectivity index (χ2n) is 5.52. The summed E-state index contributed by atoms with van der Waals surface area (Å²) < 4.78 is 18.8. The van der Waals surface area contributed by atoms with Crippen molar-refractivity contribution in [2.75, 3.05) is 13.7 Å². The predicted octanol–water partition coefficient (Wildman–Crippen LogP) is 3.92. The Balaban J connectivity index is 2.18. The Kier molecular flexibility index (Phi) is 4.81. The fourth-order valence-corrected chi connectivity index (χ4v) is 2.68. The minimum absolute atomic E-state index is 0.243. The molecule has 1 aliphatic rings. The van der Waals surface area contributed by atoms with Crippen molar-refractivity contribution in [1.82, 2.24) is 5.32 Å². The van der Waals surface area contributed by atoms with Crippen LogP contribution in [-0.2, 0) is 0 Å². The van der Waals surface area contributed by atoms with Gasteiger partial charge in [0.15, 0.2) is 11.6 Å². The van der Waals surface area contributed by atoms with Gasteiger partial charge in [-0.3, -0.25) is 0 Å². The molecule has 2 nitrogen and oxygen atoms in total. The normalized spacial score (nSPS) is 18.1. The van der Waals surface area contributed by atoms with Crippen LogP contribution in [0.5, 0.6) is 5.75 Å². The van der Waals surface area contributed by atoms with Gasteiger partial charge in [-0.25, -0.2) is 4.39 Å². The lowest BCUT2D eigenvalue weighted by atomic mass is 9.90. The third kappa shape index (κ3) is 3.47. The number of rotatable bonds is 7. The molecule has 0 aromatic heterocycles. The SMILES string of the molecule is CCCNC(c1ccc(OC)c(F)c1)C(C)C1CC1. The summed E-state index contributed by atoms with van der Waals surface area (Å²) in [5, 5.41) is 3.56. The number of hydrogen-bond donors (Lipinski definition) is 1. The second kappa shape index (κ2) is 6.38. The third-order valence-corrected chi connectivity index (χ3v) is 4.04. The topological polar surface area (TPSA) is 21.3 Å². The molecule has 1 N–H and O–H groups in total. The Morgan fingerprint density at radius 3 is 2.68 bits per heavy atom. The largest absolute Gasteiger partial charge is 0.494 e. The van der Waals surface area contributed by atoms with Gasteiger partial charge in [0.2, 0.25) is 0 Å². The predicted molar refractivity (Wildman–Crippen MR) is 75.9 cm³/mol. The Morgan fingerprint density at radius 1 is 1.42 bits per heavy atom. The van der Waals surface area contributed by atoms with E-state index in [0.717, 1.165) is 24.4 Å². The van der Waals surface area contributed by atoms with Crippen LogP contribution in [-0.4, -0.2) is 13.7 Å². The third-order valence-electron chi connectivity index (χ3n) is 4.04. The highest BCUT2D eigenvalue weighted by atomic mass is 19.1. The molecule has 2 unspecified atom stereocenters. The molecule has 106 valence electrons.